The van der Waals surface area contributed by atoms with Gasteiger partial charge in [-0.1, -0.05) is 90.8 Å². The molecule has 1 aromatic carbocycles. The molecule has 1 saturated carbocycles. The van der Waals surface area contributed by atoms with Crippen molar-refractivity contribution in [2.75, 3.05) is 14.2 Å². The maximum atomic E-state index is 13.4. The Balaban J connectivity index is 2.43. The van der Waals surface area contributed by atoms with Crippen molar-refractivity contribution >= 4 is 11.9 Å². The van der Waals surface area contributed by atoms with E-state index in [0.29, 0.717) is 12.8 Å². The van der Waals surface area contributed by atoms with Crippen molar-refractivity contribution in [3.8, 4) is 0 Å². The molecule has 4 heteroatoms. The molecule has 3 rings (SSSR count). The van der Waals surface area contributed by atoms with Crippen LogP contribution < -0.4 is 0 Å². The number of unbranched alkanes of at least 4 members (excludes halogenated alkanes) is 1. The summed E-state index contributed by atoms with van der Waals surface area (Å²) >= 11 is 0. The zero-order chi connectivity index (χ0) is 24.7. The Morgan fingerprint density at radius 1 is 1.03 bits per heavy atom. The summed E-state index contributed by atoms with van der Waals surface area (Å²) < 4.78 is 10.5. The Hall–Kier alpha value is -2.36. The molecule has 0 bridgehead atoms. The van der Waals surface area contributed by atoms with Gasteiger partial charge < -0.3 is 9.47 Å². The lowest BCUT2D eigenvalue weighted by molar-refractivity contribution is -0.171. The standard InChI is InChI=1S/C29H40O4/c1-9-10-15-28-19-29(24(30)32-7,25(31)33-8)17-20(16-26(2,3)4)23(28)18-27(5,6)21-13-11-12-14-22(21)28/h11-14,16,18H,9-10,15,17,19H2,1-8H3/b20-16+. The summed E-state index contributed by atoms with van der Waals surface area (Å²) in [5.41, 5.74) is 2.68. The molecule has 180 valence electrons. The number of methoxy groups -OCH3 is 2. The molecule has 2 aliphatic rings. The van der Waals surface area contributed by atoms with Crippen LogP contribution in [0.4, 0.5) is 0 Å². The number of hydrogen-bond acceptors (Lipinski definition) is 4. The second-order valence-corrected chi connectivity index (χ2v) is 11.5. The van der Waals surface area contributed by atoms with Gasteiger partial charge in [0.15, 0.2) is 5.41 Å². The molecule has 0 spiro atoms. The third-order valence-electron chi connectivity index (χ3n) is 7.32. The molecule has 1 atom stereocenters. The average molecular weight is 453 g/mol. The lowest BCUT2D eigenvalue weighted by atomic mass is 9.49. The van der Waals surface area contributed by atoms with Gasteiger partial charge >= 0.3 is 11.9 Å². The van der Waals surface area contributed by atoms with Crippen LogP contribution in [0.25, 0.3) is 0 Å². The van der Waals surface area contributed by atoms with Crippen LogP contribution in [0.1, 0.15) is 84.8 Å². The Kier molecular flexibility index (Phi) is 6.72. The SMILES string of the molecule is CCCCC12CC(C(=O)OC)(C(=O)OC)C/C(=C\C(C)(C)C)C1=CC(C)(C)c1ccccc12. The summed E-state index contributed by atoms with van der Waals surface area (Å²) in [6.07, 6.45) is 8.17. The van der Waals surface area contributed by atoms with E-state index in [1.807, 2.05) is 0 Å². The number of rotatable bonds is 5. The summed E-state index contributed by atoms with van der Waals surface area (Å²) in [4.78, 5) is 26.7. The number of ether oxygens (including phenoxy) is 2. The average Bonchev–Trinajstić information content (AvgIpc) is 2.76. The monoisotopic (exact) mass is 452 g/mol. The van der Waals surface area contributed by atoms with Gasteiger partial charge in [0.05, 0.1) is 14.2 Å². The van der Waals surface area contributed by atoms with E-state index in [4.69, 9.17) is 9.47 Å². The van der Waals surface area contributed by atoms with E-state index < -0.39 is 22.8 Å². The summed E-state index contributed by atoms with van der Waals surface area (Å²) in [6.45, 7) is 13.1. The zero-order valence-electron chi connectivity index (χ0n) is 21.6. The van der Waals surface area contributed by atoms with Gasteiger partial charge in [-0.05, 0) is 47.0 Å². The van der Waals surface area contributed by atoms with Gasteiger partial charge in [0, 0.05) is 10.8 Å². The largest absolute Gasteiger partial charge is 0.468 e. The third kappa shape index (κ3) is 4.29. The summed E-state index contributed by atoms with van der Waals surface area (Å²) in [6, 6.07) is 8.54. The Morgan fingerprint density at radius 3 is 2.12 bits per heavy atom. The van der Waals surface area contributed by atoms with Crippen LogP contribution >= 0.6 is 0 Å². The molecule has 0 heterocycles. The minimum Gasteiger partial charge on any atom is -0.468 e. The molecule has 1 aromatic rings. The number of carbonyl (C=O) groups excluding carboxylic acids is 2. The zero-order valence-corrected chi connectivity index (χ0v) is 21.6. The Bertz CT molecular complexity index is 973. The number of benzene rings is 1. The highest BCUT2D eigenvalue weighted by atomic mass is 16.5. The molecule has 2 aliphatic carbocycles. The maximum absolute atomic E-state index is 13.4. The van der Waals surface area contributed by atoms with Crippen molar-refractivity contribution in [2.45, 2.75) is 84.5 Å². The van der Waals surface area contributed by atoms with Gasteiger partial charge in [-0.2, -0.15) is 0 Å². The van der Waals surface area contributed by atoms with E-state index in [1.165, 1.54) is 30.9 Å². The predicted molar refractivity (Wildman–Crippen MR) is 132 cm³/mol. The quantitative estimate of drug-likeness (QED) is 0.381. The molecular formula is C29H40O4. The highest BCUT2D eigenvalue weighted by molar-refractivity contribution is 6.01. The highest BCUT2D eigenvalue weighted by Crippen LogP contribution is 2.61. The third-order valence-corrected chi connectivity index (χ3v) is 7.32. The first-order valence-electron chi connectivity index (χ1n) is 12.1. The topological polar surface area (TPSA) is 52.6 Å². The van der Waals surface area contributed by atoms with Crippen LogP contribution in [-0.2, 0) is 29.9 Å². The number of esters is 2. The van der Waals surface area contributed by atoms with Gasteiger partial charge in [-0.15, -0.1) is 0 Å². The number of allylic oxidation sites excluding steroid dienone is 4. The number of hydrogen-bond donors (Lipinski definition) is 0. The van der Waals surface area contributed by atoms with Crippen LogP contribution in [-0.4, -0.2) is 26.2 Å². The van der Waals surface area contributed by atoms with Crippen LogP contribution in [0.5, 0.6) is 0 Å². The fourth-order valence-corrected chi connectivity index (χ4v) is 6.02. The van der Waals surface area contributed by atoms with Gasteiger partial charge in [0.1, 0.15) is 0 Å². The molecule has 0 amide bonds. The normalized spacial score (nSPS) is 24.4. The molecule has 0 saturated heterocycles. The lowest BCUT2D eigenvalue weighted by Gasteiger charge is -2.53. The van der Waals surface area contributed by atoms with E-state index in [1.54, 1.807) is 0 Å². The molecule has 0 N–H and O–H groups in total. The lowest BCUT2D eigenvalue weighted by Crippen LogP contribution is -2.53. The molecule has 0 aromatic heterocycles. The van der Waals surface area contributed by atoms with E-state index in [2.05, 4.69) is 78.0 Å². The van der Waals surface area contributed by atoms with Gasteiger partial charge in [0.2, 0.25) is 0 Å². The maximum Gasteiger partial charge on any atom is 0.323 e. The van der Waals surface area contributed by atoms with Crippen molar-refractivity contribution in [1.29, 1.82) is 0 Å². The van der Waals surface area contributed by atoms with E-state index in [9.17, 15) is 9.59 Å². The molecule has 0 radical (unpaired) electrons. The molecule has 33 heavy (non-hydrogen) atoms. The van der Waals surface area contributed by atoms with E-state index in [-0.39, 0.29) is 10.8 Å². The van der Waals surface area contributed by atoms with Crippen LogP contribution in [0.3, 0.4) is 0 Å². The highest BCUT2D eigenvalue weighted by Gasteiger charge is 2.61. The fraction of sp³-hybridized carbons (Fsp3) is 0.586. The minimum atomic E-state index is -1.37. The summed E-state index contributed by atoms with van der Waals surface area (Å²) in [5.74, 6) is -1.02. The first-order valence-corrected chi connectivity index (χ1v) is 12.1. The Labute approximate surface area is 199 Å². The molecular weight excluding hydrogens is 412 g/mol. The van der Waals surface area contributed by atoms with Crippen LogP contribution in [0.2, 0.25) is 0 Å². The minimum absolute atomic E-state index is 0.122. The number of carbonyl (C=O) groups is 2. The van der Waals surface area contributed by atoms with E-state index >= 15 is 0 Å². The van der Waals surface area contributed by atoms with Crippen LogP contribution in [0.15, 0.2) is 47.6 Å². The second kappa shape index (κ2) is 8.77. The van der Waals surface area contributed by atoms with Gasteiger partial charge in [0.25, 0.3) is 0 Å². The van der Waals surface area contributed by atoms with Crippen molar-refractivity contribution in [1.82, 2.24) is 0 Å². The predicted octanol–water partition coefficient (Wildman–Crippen LogP) is 6.43. The first-order chi connectivity index (χ1) is 15.4. The van der Waals surface area contributed by atoms with Crippen molar-refractivity contribution < 1.29 is 19.1 Å². The van der Waals surface area contributed by atoms with Crippen LogP contribution in [0, 0.1) is 10.8 Å². The van der Waals surface area contributed by atoms with Crippen molar-refractivity contribution in [3.05, 3.63) is 58.7 Å². The smallest absolute Gasteiger partial charge is 0.323 e. The Morgan fingerprint density at radius 2 is 1.61 bits per heavy atom. The van der Waals surface area contributed by atoms with Gasteiger partial charge in [-0.25, -0.2) is 0 Å². The molecule has 0 aliphatic heterocycles. The molecule has 1 fully saturated rings. The fourth-order valence-electron chi connectivity index (χ4n) is 6.02. The summed E-state index contributed by atoms with van der Waals surface area (Å²) in [5, 5.41) is 0. The van der Waals surface area contributed by atoms with E-state index in [0.717, 1.165) is 24.8 Å². The van der Waals surface area contributed by atoms with Crippen molar-refractivity contribution in [3.63, 3.8) is 0 Å². The summed E-state index contributed by atoms with van der Waals surface area (Å²) in [7, 11) is 2.73. The second-order valence-electron chi connectivity index (χ2n) is 11.5. The molecule has 4 nitrogen and oxygen atoms in total. The van der Waals surface area contributed by atoms with Gasteiger partial charge in [-0.3, -0.25) is 9.59 Å². The number of fused-ring (bicyclic) bond motifs is 3. The molecule has 1 unspecified atom stereocenters. The first kappa shape index (κ1) is 25.3. The van der Waals surface area contributed by atoms with Crippen molar-refractivity contribution in [2.24, 2.45) is 10.8 Å².